The number of hydrogen-bond donors (Lipinski definition) is 2. The molecule has 0 spiro atoms. The van der Waals surface area contributed by atoms with Crippen LogP contribution < -0.4 is 0 Å². The number of carbonyl (C=O) groups is 3. The molecule has 2 N–H and O–H groups in total. The van der Waals surface area contributed by atoms with Gasteiger partial charge in [-0.05, 0) is 36.4 Å². The Labute approximate surface area is 183 Å². The topological polar surface area (TPSA) is 117 Å². The van der Waals surface area contributed by atoms with Crippen molar-refractivity contribution in [2.75, 3.05) is 0 Å². The van der Waals surface area contributed by atoms with Crippen LogP contribution in [0.2, 0.25) is 0 Å². The molecule has 0 unspecified atom stereocenters. The molecule has 0 bridgehead atoms. The number of carboxylic acid groups (broad SMARTS) is 2. The second-order valence-corrected chi connectivity index (χ2v) is 4.91. The first-order chi connectivity index (χ1) is 12.5. The van der Waals surface area contributed by atoms with E-state index in [2.05, 4.69) is 9.97 Å². The summed E-state index contributed by atoms with van der Waals surface area (Å²) in [5.41, 5.74) is 0.465. The van der Waals surface area contributed by atoms with Crippen LogP contribution in [0.25, 0.3) is 0 Å². The zero-order valence-electron chi connectivity index (χ0n) is 15.8. The van der Waals surface area contributed by atoms with Crippen LogP contribution in [0.1, 0.15) is 36.9 Å². The molecule has 8 heteroatoms. The zero-order valence-corrected chi connectivity index (χ0v) is 18.0. The van der Waals surface area contributed by atoms with Crippen molar-refractivity contribution in [3.8, 4) is 0 Å². The number of benzene rings is 1. The summed E-state index contributed by atoms with van der Waals surface area (Å²) in [6.07, 6.45) is 3.19. The van der Waals surface area contributed by atoms with Gasteiger partial charge in [0, 0.05) is 12.4 Å². The minimum absolute atomic E-state index is 0. The molecular formula is C21H20N2O5Pt. The molecule has 0 atom stereocenters. The maximum atomic E-state index is 11.7. The summed E-state index contributed by atoms with van der Waals surface area (Å²) in [5.74, 6) is -2.60. The van der Waals surface area contributed by atoms with Crippen molar-refractivity contribution < 1.29 is 45.7 Å². The van der Waals surface area contributed by atoms with Crippen molar-refractivity contribution in [3.63, 3.8) is 0 Å². The largest absolute Gasteiger partial charge is 2.00 e. The number of aromatic nitrogens is 2. The van der Waals surface area contributed by atoms with Gasteiger partial charge in [0.1, 0.15) is 11.4 Å². The van der Waals surface area contributed by atoms with E-state index in [9.17, 15) is 14.4 Å². The van der Waals surface area contributed by atoms with Crippen LogP contribution in [0.5, 0.6) is 0 Å². The van der Waals surface area contributed by atoms with Crippen molar-refractivity contribution in [1.82, 2.24) is 9.97 Å². The third-order valence-electron chi connectivity index (χ3n) is 3.18. The van der Waals surface area contributed by atoms with E-state index in [4.69, 9.17) is 10.2 Å². The van der Waals surface area contributed by atoms with Crippen molar-refractivity contribution in [3.05, 3.63) is 110 Å². The van der Waals surface area contributed by atoms with Crippen LogP contribution in [-0.4, -0.2) is 37.9 Å². The first-order valence-electron chi connectivity index (χ1n) is 7.43. The standard InChI is InChI=1S/C11H8N2O.C8H6O4.2CH3.Pt/c14-11(9-5-1-3-7-12-9)10-6-2-4-8-13-10;9-7(10)5-3-1-2-4-6(5)8(11)12;;;/h1-8H;1-4H,(H,9,10)(H,11,12);2*1H3;/q;;2*-1;+2. The first-order valence-corrected chi connectivity index (χ1v) is 7.43. The van der Waals surface area contributed by atoms with E-state index in [1.807, 2.05) is 0 Å². The van der Waals surface area contributed by atoms with Gasteiger partial charge in [0.25, 0.3) is 0 Å². The summed E-state index contributed by atoms with van der Waals surface area (Å²) in [6.45, 7) is 0. The van der Waals surface area contributed by atoms with Gasteiger partial charge in [-0.25, -0.2) is 9.59 Å². The summed E-state index contributed by atoms with van der Waals surface area (Å²) in [7, 11) is 0. The van der Waals surface area contributed by atoms with Crippen LogP contribution in [0.3, 0.4) is 0 Å². The van der Waals surface area contributed by atoms with Crippen molar-refractivity contribution in [1.29, 1.82) is 0 Å². The minimum atomic E-state index is -1.23. The third-order valence-corrected chi connectivity index (χ3v) is 3.18. The number of nitrogens with zero attached hydrogens (tertiary/aromatic N) is 2. The average molecular weight is 575 g/mol. The Morgan fingerprint density at radius 3 is 1.24 bits per heavy atom. The minimum Gasteiger partial charge on any atom is -0.478 e. The Kier molecular flexibility index (Phi) is 13.4. The van der Waals surface area contributed by atoms with E-state index in [1.165, 1.54) is 24.3 Å². The molecule has 3 aromatic rings. The van der Waals surface area contributed by atoms with Gasteiger partial charge in [-0.2, -0.15) is 0 Å². The molecular weight excluding hydrogens is 555 g/mol. The number of carboxylic acids is 2. The van der Waals surface area contributed by atoms with Gasteiger partial charge in [0.2, 0.25) is 5.78 Å². The summed E-state index contributed by atoms with van der Waals surface area (Å²) < 4.78 is 0. The molecule has 0 amide bonds. The molecule has 0 radical (unpaired) electrons. The van der Waals surface area contributed by atoms with E-state index >= 15 is 0 Å². The quantitative estimate of drug-likeness (QED) is 0.360. The fraction of sp³-hybridized carbons (Fsp3) is 0. The van der Waals surface area contributed by atoms with Gasteiger partial charge >= 0.3 is 33.0 Å². The molecule has 3 rings (SSSR count). The normalized spacial score (nSPS) is 8.55. The molecule has 154 valence electrons. The molecule has 1 aromatic carbocycles. The predicted molar refractivity (Wildman–Crippen MR) is 105 cm³/mol. The maximum Gasteiger partial charge on any atom is 2.00 e. The molecule has 0 saturated heterocycles. The Hall–Kier alpha value is -3.18. The van der Waals surface area contributed by atoms with Crippen LogP contribution >= 0.6 is 0 Å². The maximum absolute atomic E-state index is 11.7. The van der Waals surface area contributed by atoms with Crippen LogP contribution in [0.4, 0.5) is 0 Å². The summed E-state index contributed by atoms with van der Waals surface area (Å²) in [4.78, 5) is 40.6. The smallest absolute Gasteiger partial charge is 0.478 e. The molecule has 2 heterocycles. The molecule has 0 aliphatic rings. The number of aromatic carboxylic acids is 2. The van der Waals surface area contributed by atoms with Crippen LogP contribution in [0.15, 0.2) is 73.1 Å². The second-order valence-electron chi connectivity index (χ2n) is 4.91. The molecule has 2 aromatic heterocycles. The SMILES string of the molecule is O=C(O)c1ccccc1C(=O)O.O=C(c1ccccn1)c1ccccn1.[CH3-].[CH3-].[Pt+2]. The molecule has 0 fully saturated rings. The Morgan fingerprint density at radius 2 is 0.966 bits per heavy atom. The summed E-state index contributed by atoms with van der Waals surface area (Å²) >= 11 is 0. The van der Waals surface area contributed by atoms with Gasteiger partial charge in [0.05, 0.1) is 11.1 Å². The van der Waals surface area contributed by atoms with Crippen LogP contribution in [0, 0.1) is 14.9 Å². The van der Waals surface area contributed by atoms with Gasteiger partial charge < -0.3 is 25.1 Å². The van der Waals surface area contributed by atoms with Gasteiger partial charge in [-0.3, -0.25) is 14.8 Å². The molecule has 29 heavy (non-hydrogen) atoms. The fourth-order valence-electron chi connectivity index (χ4n) is 1.98. The average Bonchev–Trinajstić information content (AvgIpc) is 2.69. The van der Waals surface area contributed by atoms with E-state index in [0.29, 0.717) is 11.4 Å². The number of hydrogen-bond acceptors (Lipinski definition) is 5. The Bertz CT molecular complexity index is 844. The predicted octanol–water partition coefficient (Wildman–Crippen LogP) is 3.69. The number of ketones is 1. The Morgan fingerprint density at radius 1 is 0.621 bits per heavy atom. The van der Waals surface area contributed by atoms with E-state index < -0.39 is 11.9 Å². The van der Waals surface area contributed by atoms with Crippen molar-refractivity contribution >= 4 is 17.7 Å². The Balaban J connectivity index is 0. The van der Waals surface area contributed by atoms with E-state index in [0.717, 1.165) is 0 Å². The molecule has 0 saturated carbocycles. The van der Waals surface area contributed by atoms with E-state index in [-0.39, 0.29) is 52.8 Å². The van der Waals surface area contributed by atoms with Gasteiger partial charge in [-0.1, -0.05) is 24.3 Å². The summed E-state index contributed by atoms with van der Waals surface area (Å²) in [6, 6.07) is 15.9. The number of pyridine rings is 2. The molecule has 0 aliphatic carbocycles. The van der Waals surface area contributed by atoms with Gasteiger partial charge in [0.15, 0.2) is 0 Å². The molecule has 0 aliphatic heterocycles. The second kappa shape index (κ2) is 13.9. The number of carbonyl (C=O) groups excluding carboxylic acids is 1. The van der Waals surface area contributed by atoms with E-state index in [1.54, 1.807) is 48.8 Å². The fourth-order valence-corrected chi connectivity index (χ4v) is 1.98. The van der Waals surface area contributed by atoms with Gasteiger partial charge in [-0.15, -0.1) is 0 Å². The zero-order chi connectivity index (χ0) is 18.9. The molecule has 7 nitrogen and oxygen atoms in total. The summed E-state index contributed by atoms with van der Waals surface area (Å²) in [5, 5.41) is 17.1. The monoisotopic (exact) mass is 575 g/mol. The first kappa shape index (κ1) is 28.0. The van der Waals surface area contributed by atoms with Crippen molar-refractivity contribution in [2.24, 2.45) is 0 Å². The van der Waals surface area contributed by atoms with Crippen LogP contribution in [-0.2, 0) is 21.1 Å². The number of rotatable bonds is 4. The van der Waals surface area contributed by atoms with Crippen molar-refractivity contribution in [2.45, 2.75) is 0 Å². The third kappa shape index (κ3) is 8.15.